The van der Waals surface area contributed by atoms with Crippen LogP contribution in [0.3, 0.4) is 0 Å². The van der Waals surface area contributed by atoms with Crippen LogP contribution in [-0.4, -0.2) is 41.0 Å². The topological polar surface area (TPSA) is 69.6 Å². The number of aromatic carboxylic acids is 1. The van der Waals surface area contributed by atoms with Gasteiger partial charge < -0.3 is 15.3 Å². The molecule has 5 nitrogen and oxygen atoms in total. The Labute approximate surface area is 131 Å². The number of benzene rings is 1. The molecule has 0 saturated carbocycles. The second kappa shape index (κ2) is 7.29. The van der Waals surface area contributed by atoms with E-state index in [2.05, 4.69) is 19.2 Å². The fourth-order valence-electron chi connectivity index (χ4n) is 2.81. The van der Waals surface area contributed by atoms with E-state index >= 15 is 0 Å². The zero-order valence-corrected chi connectivity index (χ0v) is 13.2. The highest BCUT2D eigenvalue weighted by Gasteiger charge is 2.28. The van der Waals surface area contributed by atoms with Gasteiger partial charge in [-0.3, -0.25) is 4.79 Å². The van der Waals surface area contributed by atoms with Crippen LogP contribution in [0.1, 0.15) is 43.5 Å². The van der Waals surface area contributed by atoms with Crippen molar-refractivity contribution in [3.63, 3.8) is 0 Å². The van der Waals surface area contributed by atoms with Crippen molar-refractivity contribution in [2.75, 3.05) is 18.4 Å². The summed E-state index contributed by atoms with van der Waals surface area (Å²) in [4.78, 5) is 25.0. The van der Waals surface area contributed by atoms with E-state index in [0.717, 1.165) is 25.1 Å². The number of carbonyl (C=O) groups excluding carboxylic acids is 1. The Morgan fingerprint density at radius 1 is 1.32 bits per heavy atom. The molecule has 22 heavy (non-hydrogen) atoms. The largest absolute Gasteiger partial charge is 0.478 e. The van der Waals surface area contributed by atoms with Crippen LogP contribution in [0, 0.1) is 5.92 Å². The summed E-state index contributed by atoms with van der Waals surface area (Å²) in [5.41, 5.74) is 1.16. The molecule has 0 aliphatic carbocycles. The minimum Gasteiger partial charge on any atom is -0.478 e. The maximum absolute atomic E-state index is 12.2. The molecule has 0 radical (unpaired) electrons. The molecule has 1 heterocycles. The second-order valence-corrected chi connectivity index (χ2v) is 6.24. The monoisotopic (exact) mass is 304 g/mol. The molecule has 1 amide bonds. The van der Waals surface area contributed by atoms with E-state index in [9.17, 15) is 9.59 Å². The van der Waals surface area contributed by atoms with Gasteiger partial charge in [0, 0.05) is 31.2 Å². The number of rotatable bonds is 6. The molecule has 1 saturated heterocycles. The Hall–Kier alpha value is -2.04. The maximum atomic E-state index is 12.2. The number of anilines is 1. The number of nitrogens with one attached hydrogen (secondary N) is 1. The Kier molecular flexibility index (Phi) is 5.41. The molecule has 1 aliphatic rings. The van der Waals surface area contributed by atoms with Crippen molar-refractivity contribution in [2.24, 2.45) is 5.92 Å². The Bertz CT molecular complexity index is 525. The lowest BCUT2D eigenvalue weighted by atomic mass is 10.1. The number of likely N-dealkylation sites (tertiary alicyclic amines) is 1. The highest BCUT2D eigenvalue weighted by atomic mass is 16.4. The normalized spacial score (nSPS) is 17.8. The average molecular weight is 304 g/mol. The number of hydrogen-bond acceptors (Lipinski definition) is 3. The van der Waals surface area contributed by atoms with Gasteiger partial charge in [-0.2, -0.15) is 0 Å². The third-order valence-corrected chi connectivity index (χ3v) is 3.95. The van der Waals surface area contributed by atoms with E-state index in [0.29, 0.717) is 18.9 Å². The molecular weight excluding hydrogens is 280 g/mol. The second-order valence-electron chi connectivity index (χ2n) is 6.24. The van der Waals surface area contributed by atoms with Crippen LogP contribution in [0.2, 0.25) is 0 Å². The first kappa shape index (κ1) is 16.3. The zero-order chi connectivity index (χ0) is 16.1. The number of hydrogen-bond donors (Lipinski definition) is 2. The van der Waals surface area contributed by atoms with Crippen molar-refractivity contribution < 1.29 is 14.7 Å². The van der Waals surface area contributed by atoms with Crippen molar-refractivity contribution in [1.82, 2.24) is 4.90 Å². The fourth-order valence-corrected chi connectivity index (χ4v) is 2.81. The number of carboxylic acid groups (broad SMARTS) is 1. The van der Waals surface area contributed by atoms with Crippen LogP contribution >= 0.6 is 0 Å². The lowest BCUT2D eigenvalue weighted by Gasteiger charge is -2.26. The first-order chi connectivity index (χ1) is 10.5. The highest BCUT2D eigenvalue weighted by molar-refractivity contribution is 5.88. The van der Waals surface area contributed by atoms with E-state index in [1.807, 2.05) is 4.90 Å². The molecule has 2 rings (SSSR count). The quantitative estimate of drug-likeness (QED) is 0.848. The molecule has 1 atom stereocenters. The van der Waals surface area contributed by atoms with Gasteiger partial charge >= 0.3 is 5.97 Å². The summed E-state index contributed by atoms with van der Waals surface area (Å²) in [5, 5.41) is 12.2. The van der Waals surface area contributed by atoms with E-state index in [1.54, 1.807) is 24.3 Å². The lowest BCUT2D eigenvalue weighted by Crippen LogP contribution is -2.39. The van der Waals surface area contributed by atoms with E-state index in [4.69, 9.17) is 5.11 Å². The first-order valence-corrected chi connectivity index (χ1v) is 7.84. The molecule has 0 spiro atoms. The number of amides is 1. The minimum atomic E-state index is -0.923. The molecule has 1 aliphatic heterocycles. The van der Waals surface area contributed by atoms with Crippen molar-refractivity contribution in [3.8, 4) is 0 Å². The summed E-state index contributed by atoms with van der Waals surface area (Å²) in [5.74, 6) is -0.307. The molecule has 1 fully saturated rings. The van der Waals surface area contributed by atoms with Gasteiger partial charge in [0.15, 0.2) is 0 Å². The van der Waals surface area contributed by atoms with Crippen molar-refractivity contribution in [1.29, 1.82) is 0 Å². The molecule has 0 aromatic heterocycles. The standard InChI is InChI=1S/C17H24N2O3/c1-12(2)10-16(20)19-9-3-4-15(19)11-18-14-7-5-13(6-8-14)17(21)22/h5-8,12,15,18H,3-4,9-11H2,1-2H3,(H,21,22). The predicted octanol–water partition coefficient (Wildman–Crippen LogP) is 2.83. The Morgan fingerprint density at radius 3 is 2.59 bits per heavy atom. The van der Waals surface area contributed by atoms with Gasteiger partial charge in [0.1, 0.15) is 0 Å². The van der Waals surface area contributed by atoms with E-state index in [1.165, 1.54) is 0 Å². The maximum Gasteiger partial charge on any atom is 0.335 e. The van der Waals surface area contributed by atoms with E-state index in [-0.39, 0.29) is 17.5 Å². The molecule has 1 aromatic carbocycles. The average Bonchev–Trinajstić information content (AvgIpc) is 2.93. The van der Waals surface area contributed by atoms with Gasteiger partial charge in [-0.15, -0.1) is 0 Å². The van der Waals surface area contributed by atoms with Crippen molar-refractivity contribution >= 4 is 17.6 Å². The van der Waals surface area contributed by atoms with Crippen molar-refractivity contribution in [2.45, 2.75) is 39.2 Å². The third kappa shape index (κ3) is 4.23. The van der Waals surface area contributed by atoms with Gasteiger partial charge in [-0.05, 0) is 43.0 Å². The number of carboxylic acids is 1. The molecular formula is C17H24N2O3. The highest BCUT2D eigenvalue weighted by Crippen LogP contribution is 2.20. The van der Waals surface area contributed by atoms with Gasteiger partial charge in [0.25, 0.3) is 0 Å². The molecule has 1 unspecified atom stereocenters. The van der Waals surface area contributed by atoms with Gasteiger partial charge in [-0.25, -0.2) is 4.79 Å². The Morgan fingerprint density at radius 2 is 2.00 bits per heavy atom. The lowest BCUT2D eigenvalue weighted by molar-refractivity contribution is -0.132. The summed E-state index contributed by atoms with van der Waals surface area (Å²) in [7, 11) is 0. The van der Waals surface area contributed by atoms with Crippen LogP contribution in [0.15, 0.2) is 24.3 Å². The smallest absolute Gasteiger partial charge is 0.335 e. The van der Waals surface area contributed by atoms with Crippen LogP contribution in [0.4, 0.5) is 5.69 Å². The van der Waals surface area contributed by atoms with Crippen LogP contribution in [0.5, 0.6) is 0 Å². The molecule has 5 heteroatoms. The fraction of sp³-hybridized carbons (Fsp3) is 0.529. The number of carbonyl (C=O) groups is 2. The summed E-state index contributed by atoms with van der Waals surface area (Å²) in [6.45, 7) is 5.67. The number of nitrogens with zero attached hydrogens (tertiary/aromatic N) is 1. The van der Waals surface area contributed by atoms with Crippen LogP contribution in [-0.2, 0) is 4.79 Å². The zero-order valence-electron chi connectivity index (χ0n) is 13.2. The summed E-state index contributed by atoms with van der Waals surface area (Å²) < 4.78 is 0. The van der Waals surface area contributed by atoms with Crippen molar-refractivity contribution in [3.05, 3.63) is 29.8 Å². The minimum absolute atomic E-state index is 0.227. The summed E-state index contributed by atoms with van der Waals surface area (Å²) in [6.07, 6.45) is 2.67. The first-order valence-electron chi connectivity index (χ1n) is 7.84. The van der Waals surface area contributed by atoms with E-state index < -0.39 is 5.97 Å². The predicted molar refractivity (Wildman–Crippen MR) is 86.1 cm³/mol. The third-order valence-electron chi connectivity index (χ3n) is 3.95. The molecule has 1 aromatic rings. The molecule has 0 bridgehead atoms. The molecule has 2 N–H and O–H groups in total. The van der Waals surface area contributed by atoms with Gasteiger partial charge in [-0.1, -0.05) is 13.8 Å². The summed E-state index contributed by atoms with van der Waals surface area (Å²) in [6, 6.07) is 6.92. The van der Waals surface area contributed by atoms with Gasteiger partial charge in [0.2, 0.25) is 5.91 Å². The molecule has 120 valence electrons. The summed E-state index contributed by atoms with van der Waals surface area (Å²) >= 11 is 0. The SMILES string of the molecule is CC(C)CC(=O)N1CCCC1CNc1ccc(C(=O)O)cc1. The van der Waals surface area contributed by atoms with Gasteiger partial charge in [0.05, 0.1) is 5.56 Å². The van der Waals surface area contributed by atoms with Crippen LogP contribution in [0.25, 0.3) is 0 Å². The Balaban J connectivity index is 1.89. The van der Waals surface area contributed by atoms with Crippen LogP contribution < -0.4 is 5.32 Å².